The van der Waals surface area contributed by atoms with Crippen LogP contribution in [0.15, 0.2) is 36.7 Å². The molecule has 3 nitrogen and oxygen atoms in total. The summed E-state index contributed by atoms with van der Waals surface area (Å²) >= 11 is 0. The van der Waals surface area contributed by atoms with Crippen LogP contribution < -0.4 is 16.2 Å². The summed E-state index contributed by atoms with van der Waals surface area (Å²) in [5, 5.41) is 1.18. The third kappa shape index (κ3) is 4.86. The predicted molar refractivity (Wildman–Crippen MR) is 71.0 cm³/mol. The lowest BCUT2D eigenvalue weighted by Crippen LogP contribution is -2.64. The summed E-state index contributed by atoms with van der Waals surface area (Å²) in [4.78, 5) is 0. The molecule has 0 fully saturated rings. The van der Waals surface area contributed by atoms with Crippen LogP contribution in [0.1, 0.15) is 12.5 Å². The van der Waals surface area contributed by atoms with E-state index in [2.05, 4.69) is 12.0 Å². The molecule has 0 saturated carbocycles. The van der Waals surface area contributed by atoms with E-state index >= 15 is 0 Å². The summed E-state index contributed by atoms with van der Waals surface area (Å²) in [6, 6.07) is 3.21. The van der Waals surface area contributed by atoms with Crippen LogP contribution in [0.5, 0.6) is 0 Å². The van der Waals surface area contributed by atoms with Crippen LogP contribution in [-0.2, 0) is 6.18 Å². The predicted octanol–water partition coefficient (Wildman–Crippen LogP) is 4.57. The lowest BCUT2D eigenvalue weighted by molar-refractivity contribution is -0.299. The van der Waals surface area contributed by atoms with Gasteiger partial charge in [-0.3, -0.25) is 10.9 Å². The number of rotatable bonds is 5. The van der Waals surface area contributed by atoms with Crippen molar-refractivity contribution in [2.75, 3.05) is 5.43 Å². The van der Waals surface area contributed by atoms with E-state index in [0.717, 1.165) is 12.1 Å². The Morgan fingerprint density at radius 3 is 1.64 bits per heavy atom. The Kier molecular flexibility index (Phi) is 5.45. The van der Waals surface area contributed by atoms with E-state index < -0.39 is 35.5 Å². The van der Waals surface area contributed by atoms with E-state index in [-0.39, 0.29) is 12.6 Å². The smallest absolute Gasteiger partial charge is 0.350 e. The van der Waals surface area contributed by atoms with Gasteiger partial charge in [-0.15, -0.1) is 0 Å². The molecular formula is C13H12F9N3. The van der Waals surface area contributed by atoms with Gasteiger partial charge in [0.15, 0.2) is 0 Å². The first-order valence-corrected chi connectivity index (χ1v) is 6.38. The Bertz CT molecular complexity index is 585. The van der Waals surface area contributed by atoms with Gasteiger partial charge >= 0.3 is 18.5 Å². The van der Waals surface area contributed by atoms with E-state index in [9.17, 15) is 39.5 Å². The Balaban J connectivity index is 2.77. The molecule has 142 valence electrons. The SMILES string of the molecule is C=C(NNc1ccc(C(F)(F)F)cc1)NC(C)(C(F)(F)F)C(F)(F)F. The molecule has 3 N–H and O–H groups in total. The van der Waals surface area contributed by atoms with Crippen molar-refractivity contribution in [3.05, 3.63) is 42.2 Å². The van der Waals surface area contributed by atoms with Crippen molar-refractivity contribution < 1.29 is 39.5 Å². The number of hydrogen-bond donors (Lipinski definition) is 3. The molecule has 0 aliphatic carbocycles. The van der Waals surface area contributed by atoms with Gasteiger partial charge in [-0.1, -0.05) is 6.58 Å². The topological polar surface area (TPSA) is 36.1 Å². The summed E-state index contributed by atoms with van der Waals surface area (Å²) in [5.74, 6) is -0.892. The molecular weight excluding hydrogens is 369 g/mol. The normalized spacial score (nSPS) is 13.4. The third-order valence-corrected chi connectivity index (χ3v) is 3.10. The Hall–Kier alpha value is -2.27. The molecule has 0 saturated heterocycles. The highest BCUT2D eigenvalue weighted by molar-refractivity contribution is 5.44. The first-order chi connectivity index (χ1) is 11.1. The highest BCUT2D eigenvalue weighted by Gasteiger charge is 2.68. The number of hydrogen-bond acceptors (Lipinski definition) is 3. The summed E-state index contributed by atoms with van der Waals surface area (Å²) in [7, 11) is 0. The Morgan fingerprint density at radius 1 is 0.840 bits per heavy atom. The van der Waals surface area contributed by atoms with Crippen molar-refractivity contribution in [3.63, 3.8) is 0 Å². The lowest BCUT2D eigenvalue weighted by atomic mass is 10.0. The molecule has 0 bridgehead atoms. The number of alkyl halides is 9. The van der Waals surface area contributed by atoms with E-state index in [4.69, 9.17) is 0 Å². The molecule has 0 aliphatic heterocycles. The molecule has 0 aliphatic rings. The highest BCUT2D eigenvalue weighted by atomic mass is 19.4. The quantitative estimate of drug-likeness (QED) is 0.517. The van der Waals surface area contributed by atoms with E-state index in [1.54, 1.807) is 0 Å². The van der Waals surface area contributed by atoms with E-state index in [0.29, 0.717) is 12.1 Å². The maximum atomic E-state index is 12.7. The van der Waals surface area contributed by atoms with Crippen molar-refractivity contribution >= 4 is 5.69 Å². The van der Waals surface area contributed by atoms with Crippen LogP contribution >= 0.6 is 0 Å². The largest absolute Gasteiger partial charge is 0.420 e. The van der Waals surface area contributed by atoms with Crippen LogP contribution in [0.3, 0.4) is 0 Å². The van der Waals surface area contributed by atoms with Crippen LogP contribution in [0, 0.1) is 0 Å². The van der Waals surface area contributed by atoms with Gasteiger partial charge in [0.2, 0.25) is 5.54 Å². The van der Waals surface area contributed by atoms with Gasteiger partial charge in [0.1, 0.15) is 5.82 Å². The number of hydrazine groups is 1. The van der Waals surface area contributed by atoms with Gasteiger partial charge in [0.25, 0.3) is 0 Å². The van der Waals surface area contributed by atoms with E-state index in [1.807, 2.05) is 5.43 Å². The standard InChI is InChI=1S/C13H12F9N3/c1-7(23-10(2,12(17,18)19)13(20,21)22)24-25-9-5-3-8(4-6-9)11(14,15)16/h3-6,23-25H,1H2,2H3. The minimum atomic E-state index is -5.68. The first-order valence-electron chi connectivity index (χ1n) is 6.38. The van der Waals surface area contributed by atoms with Crippen LogP contribution in [-0.4, -0.2) is 17.9 Å². The fourth-order valence-corrected chi connectivity index (χ4v) is 1.53. The second-order valence-electron chi connectivity index (χ2n) is 5.05. The molecule has 0 aromatic heterocycles. The summed E-state index contributed by atoms with van der Waals surface area (Å²) < 4.78 is 113. The van der Waals surface area contributed by atoms with E-state index in [1.165, 1.54) is 5.32 Å². The second kappa shape index (κ2) is 6.56. The Labute approximate surface area is 135 Å². The molecule has 1 aromatic rings. The average Bonchev–Trinajstić information content (AvgIpc) is 2.42. The molecule has 0 heterocycles. The molecule has 0 amide bonds. The van der Waals surface area contributed by atoms with Gasteiger partial charge in [-0.05, 0) is 31.2 Å². The molecule has 0 spiro atoms. The number of nitrogens with one attached hydrogen (secondary N) is 3. The Morgan fingerprint density at radius 2 is 1.28 bits per heavy atom. The molecule has 0 radical (unpaired) electrons. The maximum absolute atomic E-state index is 12.7. The highest BCUT2D eigenvalue weighted by Crippen LogP contribution is 2.43. The summed E-state index contributed by atoms with van der Waals surface area (Å²) in [6.45, 7) is 2.86. The van der Waals surface area contributed by atoms with Gasteiger partial charge in [-0.2, -0.15) is 39.5 Å². The minimum absolute atomic E-state index is 0.0447. The van der Waals surface area contributed by atoms with Gasteiger partial charge in [0, 0.05) is 0 Å². The van der Waals surface area contributed by atoms with Crippen LogP contribution in [0.4, 0.5) is 45.2 Å². The lowest BCUT2D eigenvalue weighted by Gasteiger charge is -2.36. The molecule has 0 unspecified atom stereocenters. The second-order valence-corrected chi connectivity index (χ2v) is 5.05. The first kappa shape index (κ1) is 20.8. The van der Waals surface area contributed by atoms with Gasteiger partial charge < -0.3 is 5.32 Å². The molecule has 12 heteroatoms. The number of anilines is 1. The fraction of sp³-hybridized carbons (Fsp3) is 0.385. The third-order valence-electron chi connectivity index (χ3n) is 3.10. The molecule has 1 aromatic carbocycles. The summed E-state index contributed by atoms with van der Waals surface area (Å²) in [5.41, 5.74) is -1.24. The molecule has 1 rings (SSSR count). The molecule has 25 heavy (non-hydrogen) atoms. The minimum Gasteiger partial charge on any atom is -0.350 e. The number of benzene rings is 1. The molecule has 0 atom stereocenters. The zero-order valence-corrected chi connectivity index (χ0v) is 12.4. The van der Waals surface area contributed by atoms with Crippen LogP contribution in [0.25, 0.3) is 0 Å². The maximum Gasteiger partial charge on any atom is 0.420 e. The fourth-order valence-electron chi connectivity index (χ4n) is 1.53. The zero-order valence-electron chi connectivity index (χ0n) is 12.4. The monoisotopic (exact) mass is 381 g/mol. The van der Waals surface area contributed by atoms with Crippen molar-refractivity contribution in [1.82, 2.24) is 10.7 Å². The van der Waals surface area contributed by atoms with Crippen molar-refractivity contribution in [1.29, 1.82) is 0 Å². The van der Waals surface area contributed by atoms with Crippen molar-refractivity contribution in [3.8, 4) is 0 Å². The number of halogens is 9. The van der Waals surface area contributed by atoms with Crippen LogP contribution in [0.2, 0.25) is 0 Å². The zero-order chi connectivity index (χ0) is 19.7. The van der Waals surface area contributed by atoms with Crippen molar-refractivity contribution in [2.45, 2.75) is 31.0 Å². The van der Waals surface area contributed by atoms with Gasteiger partial charge in [0.05, 0.1) is 11.3 Å². The summed E-state index contributed by atoms with van der Waals surface area (Å²) in [6.07, 6.45) is -15.9. The average molecular weight is 381 g/mol. The van der Waals surface area contributed by atoms with Crippen molar-refractivity contribution in [2.24, 2.45) is 0 Å². The van der Waals surface area contributed by atoms with Gasteiger partial charge in [-0.25, -0.2) is 0 Å².